The molecule has 98 valence electrons. The van der Waals surface area contributed by atoms with Crippen LogP contribution in [-0.2, 0) is 11.4 Å². The van der Waals surface area contributed by atoms with E-state index in [0.717, 1.165) is 11.1 Å². The third-order valence-electron chi connectivity index (χ3n) is 3.07. The van der Waals surface area contributed by atoms with Crippen LogP contribution in [0.1, 0.15) is 27.8 Å². The number of oxime groups is 1. The van der Waals surface area contributed by atoms with E-state index in [1.54, 1.807) is 6.21 Å². The minimum Gasteiger partial charge on any atom is -0.391 e. The number of hydrogen-bond acceptors (Lipinski definition) is 2. The van der Waals surface area contributed by atoms with Crippen molar-refractivity contribution in [3.63, 3.8) is 0 Å². The number of benzene rings is 2. The minimum atomic E-state index is 0.501. The summed E-state index contributed by atoms with van der Waals surface area (Å²) in [7, 11) is 0. The molecule has 0 radical (unpaired) electrons. The van der Waals surface area contributed by atoms with Gasteiger partial charge in [-0.3, -0.25) is 0 Å². The maximum Gasteiger partial charge on any atom is 0.142 e. The second-order valence-electron chi connectivity index (χ2n) is 4.81. The fourth-order valence-corrected chi connectivity index (χ4v) is 2.17. The lowest BCUT2D eigenvalue weighted by Crippen LogP contribution is -1.94. The molecule has 2 heteroatoms. The summed E-state index contributed by atoms with van der Waals surface area (Å²) in [5, 5.41) is 4.06. The molecule has 2 nitrogen and oxygen atoms in total. The van der Waals surface area contributed by atoms with Crippen molar-refractivity contribution < 1.29 is 4.84 Å². The highest BCUT2D eigenvalue weighted by Crippen LogP contribution is 2.14. The van der Waals surface area contributed by atoms with Crippen LogP contribution in [-0.4, -0.2) is 6.21 Å². The zero-order chi connectivity index (χ0) is 13.7. The molecule has 0 aliphatic heterocycles. The highest BCUT2D eigenvalue weighted by Gasteiger charge is 2.01. The second kappa shape index (κ2) is 6.19. The van der Waals surface area contributed by atoms with Gasteiger partial charge in [0.15, 0.2) is 0 Å². The van der Waals surface area contributed by atoms with Crippen molar-refractivity contribution in [1.82, 2.24) is 0 Å². The maximum absolute atomic E-state index is 5.33. The molecule has 0 N–H and O–H groups in total. The molecule has 0 saturated heterocycles. The molecule has 0 heterocycles. The number of hydrogen-bond donors (Lipinski definition) is 0. The molecule has 2 aromatic rings. The molecular weight excluding hydrogens is 234 g/mol. The Morgan fingerprint density at radius 2 is 1.63 bits per heavy atom. The predicted octanol–water partition coefficient (Wildman–Crippen LogP) is 4.16. The van der Waals surface area contributed by atoms with Crippen molar-refractivity contribution in [2.24, 2.45) is 5.16 Å². The highest BCUT2D eigenvalue weighted by atomic mass is 16.6. The molecule has 0 aromatic heterocycles. The van der Waals surface area contributed by atoms with Gasteiger partial charge in [0.25, 0.3) is 0 Å². The monoisotopic (exact) mass is 253 g/mol. The Balaban J connectivity index is 2.00. The first-order valence-corrected chi connectivity index (χ1v) is 6.44. The molecule has 0 spiro atoms. The van der Waals surface area contributed by atoms with Crippen LogP contribution in [0.15, 0.2) is 47.6 Å². The van der Waals surface area contributed by atoms with Crippen molar-refractivity contribution in [3.8, 4) is 0 Å². The Hall–Kier alpha value is -2.09. The Morgan fingerprint density at radius 3 is 2.26 bits per heavy atom. The highest BCUT2D eigenvalue weighted by molar-refractivity contribution is 5.83. The molecule has 0 fully saturated rings. The normalized spacial score (nSPS) is 10.9. The summed E-state index contributed by atoms with van der Waals surface area (Å²) < 4.78 is 0. The topological polar surface area (TPSA) is 21.6 Å². The molecule has 0 amide bonds. The van der Waals surface area contributed by atoms with E-state index in [9.17, 15) is 0 Å². The summed E-state index contributed by atoms with van der Waals surface area (Å²) in [4.78, 5) is 5.33. The van der Waals surface area contributed by atoms with Gasteiger partial charge in [0.2, 0.25) is 0 Å². The van der Waals surface area contributed by atoms with Gasteiger partial charge in [-0.1, -0.05) is 53.2 Å². The molecule has 0 atom stereocenters. The Bertz CT molecular complexity index is 550. The zero-order valence-corrected chi connectivity index (χ0v) is 11.7. The maximum atomic E-state index is 5.33. The Labute approximate surface area is 114 Å². The number of rotatable bonds is 4. The van der Waals surface area contributed by atoms with Crippen LogP contribution in [0.4, 0.5) is 0 Å². The second-order valence-corrected chi connectivity index (χ2v) is 4.81. The number of nitrogens with zero attached hydrogens (tertiary/aromatic N) is 1. The predicted molar refractivity (Wildman–Crippen MR) is 79.5 cm³/mol. The molecular formula is C17H19NO. The largest absolute Gasteiger partial charge is 0.391 e. The average molecular weight is 253 g/mol. The first-order valence-electron chi connectivity index (χ1n) is 6.44. The van der Waals surface area contributed by atoms with Crippen LogP contribution in [0.25, 0.3) is 0 Å². The van der Waals surface area contributed by atoms with Gasteiger partial charge in [-0.25, -0.2) is 0 Å². The molecule has 0 aliphatic rings. The van der Waals surface area contributed by atoms with Crippen molar-refractivity contribution in [2.45, 2.75) is 27.4 Å². The van der Waals surface area contributed by atoms with Crippen molar-refractivity contribution in [3.05, 3.63) is 70.3 Å². The molecule has 19 heavy (non-hydrogen) atoms. The molecule has 2 rings (SSSR count). The van der Waals surface area contributed by atoms with E-state index in [-0.39, 0.29) is 0 Å². The van der Waals surface area contributed by atoms with Gasteiger partial charge in [0.1, 0.15) is 6.61 Å². The smallest absolute Gasteiger partial charge is 0.142 e. The molecule has 0 bridgehead atoms. The third kappa shape index (κ3) is 3.68. The van der Waals surface area contributed by atoms with Gasteiger partial charge >= 0.3 is 0 Å². The van der Waals surface area contributed by atoms with Crippen molar-refractivity contribution in [1.29, 1.82) is 0 Å². The summed E-state index contributed by atoms with van der Waals surface area (Å²) in [6.45, 7) is 6.80. The summed E-state index contributed by atoms with van der Waals surface area (Å²) >= 11 is 0. The van der Waals surface area contributed by atoms with Crippen LogP contribution >= 0.6 is 0 Å². The lowest BCUT2D eigenvalue weighted by molar-refractivity contribution is 0.132. The van der Waals surface area contributed by atoms with Crippen LogP contribution in [0.2, 0.25) is 0 Å². The van der Waals surface area contributed by atoms with Gasteiger partial charge in [0, 0.05) is 5.56 Å². The van der Waals surface area contributed by atoms with Gasteiger partial charge in [-0.2, -0.15) is 0 Å². The van der Waals surface area contributed by atoms with E-state index in [1.165, 1.54) is 16.7 Å². The molecule has 0 unspecified atom stereocenters. The van der Waals surface area contributed by atoms with E-state index in [4.69, 9.17) is 4.84 Å². The fourth-order valence-electron chi connectivity index (χ4n) is 2.17. The van der Waals surface area contributed by atoms with E-state index in [0.29, 0.717) is 6.61 Å². The van der Waals surface area contributed by atoms with Crippen LogP contribution in [0.5, 0.6) is 0 Å². The zero-order valence-electron chi connectivity index (χ0n) is 11.7. The van der Waals surface area contributed by atoms with E-state index in [2.05, 4.69) is 38.1 Å². The molecule has 0 saturated carbocycles. The number of aryl methyl sites for hydroxylation is 3. The molecule has 0 aliphatic carbocycles. The van der Waals surface area contributed by atoms with E-state index >= 15 is 0 Å². The minimum absolute atomic E-state index is 0.501. The average Bonchev–Trinajstić information content (AvgIpc) is 2.38. The first kappa shape index (κ1) is 13.3. The molecule has 2 aromatic carbocycles. The summed E-state index contributed by atoms with van der Waals surface area (Å²) in [5.74, 6) is 0. The van der Waals surface area contributed by atoms with Crippen LogP contribution in [0, 0.1) is 20.8 Å². The Kier molecular flexibility index (Phi) is 4.35. The van der Waals surface area contributed by atoms with Gasteiger partial charge in [-0.15, -0.1) is 0 Å². The van der Waals surface area contributed by atoms with Gasteiger partial charge < -0.3 is 4.84 Å². The summed E-state index contributed by atoms with van der Waals surface area (Å²) in [5.41, 5.74) is 5.99. The Morgan fingerprint density at radius 1 is 1.00 bits per heavy atom. The van der Waals surface area contributed by atoms with Crippen molar-refractivity contribution in [2.75, 3.05) is 0 Å². The quantitative estimate of drug-likeness (QED) is 0.592. The fraction of sp³-hybridized carbons (Fsp3) is 0.235. The van der Waals surface area contributed by atoms with Crippen LogP contribution in [0.3, 0.4) is 0 Å². The summed E-state index contributed by atoms with van der Waals surface area (Å²) in [6, 6.07) is 14.4. The standard InChI is InChI=1S/C17H19NO/c1-13-9-14(2)17(15(3)10-13)11-18-19-12-16-7-5-4-6-8-16/h4-11H,12H2,1-3H3/b18-11+. The summed E-state index contributed by atoms with van der Waals surface area (Å²) in [6.07, 6.45) is 1.80. The lowest BCUT2D eigenvalue weighted by Gasteiger charge is -2.06. The first-order chi connectivity index (χ1) is 9.16. The van der Waals surface area contributed by atoms with E-state index < -0.39 is 0 Å². The van der Waals surface area contributed by atoms with Gasteiger partial charge in [-0.05, 0) is 37.5 Å². The van der Waals surface area contributed by atoms with Crippen molar-refractivity contribution >= 4 is 6.21 Å². The van der Waals surface area contributed by atoms with Gasteiger partial charge in [0.05, 0.1) is 6.21 Å². The SMILES string of the molecule is Cc1cc(C)c(/C=N/OCc2ccccc2)c(C)c1. The third-order valence-corrected chi connectivity index (χ3v) is 3.07. The van der Waals surface area contributed by atoms with Crippen LogP contribution < -0.4 is 0 Å². The van der Waals surface area contributed by atoms with E-state index in [1.807, 2.05) is 30.3 Å². The lowest BCUT2D eigenvalue weighted by atomic mass is 10.0.